The molecule has 7 heteroatoms. The molecule has 0 spiro atoms. The van der Waals surface area contributed by atoms with Crippen molar-refractivity contribution in [3.63, 3.8) is 0 Å². The van der Waals surface area contributed by atoms with Crippen molar-refractivity contribution in [2.24, 2.45) is 0 Å². The van der Waals surface area contributed by atoms with E-state index in [1.54, 1.807) is 12.5 Å². The van der Waals surface area contributed by atoms with E-state index in [1.165, 1.54) is 0 Å². The Balaban J connectivity index is 1.66. The topological polar surface area (TPSA) is 73.1 Å². The molecule has 0 aromatic carbocycles. The highest BCUT2D eigenvalue weighted by atomic mass is 16.5. The first-order valence-electron chi connectivity index (χ1n) is 9.31. The van der Waals surface area contributed by atoms with Gasteiger partial charge < -0.3 is 14.2 Å². The molecule has 1 atom stereocenters. The van der Waals surface area contributed by atoms with Crippen LogP contribution >= 0.6 is 0 Å². The van der Waals surface area contributed by atoms with Crippen molar-refractivity contribution in [2.45, 2.75) is 52.2 Å². The van der Waals surface area contributed by atoms with E-state index in [-0.39, 0.29) is 11.8 Å². The lowest BCUT2D eigenvalue weighted by Crippen LogP contribution is -2.40. The molecule has 1 aliphatic rings. The number of aryl methyl sites for hydroxylation is 2. The molecule has 0 bridgehead atoms. The number of amides is 1. The summed E-state index contributed by atoms with van der Waals surface area (Å²) < 4.78 is 7.51. The summed E-state index contributed by atoms with van der Waals surface area (Å²) >= 11 is 0. The minimum absolute atomic E-state index is 0.195. The third-order valence-corrected chi connectivity index (χ3v) is 4.78. The first-order valence-corrected chi connectivity index (χ1v) is 9.31. The average molecular weight is 357 g/mol. The van der Waals surface area contributed by atoms with Crippen molar-refractivity contribution in [2.75, 3.05) is 19.7 Å². The molecule has 0 aliphatic carbocycles. The molecular weight excluding hydrogens is 330 g/mol. The van der Waals surface area contributed by atoms with Gasteiger partial charge in [0.25, 0.3) is 0 Å². The minimum Gasteiger partial charge on any atom is -0.377 e. The summed E-state index contributed by atoms with van der Waals surface area (Å²) in [6, 6.07) is 0. The number of likely N-dealkylation sites (tertiary alicyclic amines) is 1. The molecule has 0 radical (unpaired) electrons. The van der Waals surface area contributed by atoms with Gasteiger partial charge in [0.1, 0.15) is 5.82 Å². The standard InChI is InChI=1S/C19H27N5O2/c1-3-26-13-17-11-21-15(2)22-19(17)16-5-4-8-24(12-16)18(25)6-9-23-10-7-20-14-23/h7,10-11,14,16H,3-6,8-9,12-13H2,1-2H3. The van der Waals surface area contributed by atoms with Gasteiger partial charge in [-0.1, -0.05) is 0 Å². The zero-order chi connectivity index (χ0) is 18.4. The summed E-state index contributed by atoms with van der Waals surface area (Å²) in [6.07, 6.45) is 9.77. The molecule has 2 aromatic rings. The molecule has 0 saturated carbocycles. The van der Waals surface area contributed by atoms with Gasteiger partial charge in [-0.3, -0.25) is 4.79 Å². The van der Waals surface area contributed by atoms with E-state index >= 15 is 0 Å². The fourth-order valence-electron chi connectivity index (χ4n) is 3.42. The molecule has 1 saturated heterocycles. The van der Waals surface area contributed by atoms with Gasteiger partial charge in [0, 0.05) is 62.7 Å². The lowest BCUT2D eigenvalue weighted by molar-refractivity contribution is -0.132. The van der Waals surface area contributed by atoms with Crippen molar-refractivity contribution in [1.29, 1.82) is 0 Å². The first-order chi connectivity index (χ1) is 12.7. The van der Waals surface area contributed by atoms with Gasteiger partial charge in [-0.25, -0.2) is 15.0 Å². The Bertz CT molecular complexity index is 717. The number of ether oxygens (including phenoxy) is 1. The molecule has 0 N–H and O–H groups in total. The van der Waals surface area contributed by atoms with Crippen LogP contribution in [0.5, 0.6) is 0 Å². The summed E-state index contributed by atoms with van der Waals surface area (Å²) in [7, 11) is 0. The number of carbonyl (C=O) groups excluding carboxylic acids is 1. The van der Waals surface area contributed by atoms with E-state index in [2.05, 4.69) is 15.0 Å². The fourth-order valence-corrected chi connectivity index (χ4v) is 3.42. The van der Waals surface area contributed by atoms with Crippen LogP contribution in [-0.4, -0.2) is 50.0 Å². The predicted molar refractivity (Wildman–Crippen MR) is 97.5 cm³/mol. The highest BCUT2D eigenvalue weighted by Gasteiger charge is 2.27. The molecule has 3 heterocycles. The van der Waals surface area contributed by atoms with Crippen LogP contribution in [0.4, 0.5) is 0 Å². The smallest absolute Gasteiger partial charge is 0.224 e. The Hall–Kier alpha value is -2.28. The molecule has 1 unspecified atom stereocenters. The van der Waals surface area contributed by atoms with E-state index in [9.17, 15) is 4.79 Å². The Labute approximate surface area is 154 Å². The van der Waals surface area contributed by atoms with Crippen molar-refractivity contribution < 1.29 is 9.53 Å². The zero-order valence-corrected chi connectivity index (χ0v) is 15.6. The van der Waals surface area contributed by atoms with Crippen LogP contribution in [0, 0.1) is 6.92 Å². The molecule has 1 fully saturated rings. The number of hydrogen-bond acceptors (Lipinski definition) is 5. The largest absolute Gasteiger partial charge is 0.377 e. The van der Waals surface area contributed by atoms with Crippen molar-refractivity contribution in [3.8, 4) is 0 Å². The van der Waals surface area contributed by atoms with Gasteiger partial charge in [0.15, 0.2) is 0 Å². The Morgan fingerprint density at radius 3 is 3.08 bits per heavy atom. The van der Waals surface area contributed by atoms with Gasteiger partial charge in [-0.2, -0.15) is 0 Å². The normalized spacial score (nSPS) is 17.5. The number of hydrogen-bond donors (Lipinski definition) is 0. The Morgan fingerprint density at radius 2 is 2.31 bits per heavy atom. The van der Waals surface area contributed by atoms with Crippen LogP contribution in [-0.2, 0) is 22.7 Å². The van der Waals surface area contributed by atoms with Gasteiger partial charge in [0.2, 0.25) is 5.91 Å². The summed E-state index contributed by atoms with van der Waals surface area (Å²) in [5.41, 5.74) is 2.08. The number of rotatable bonds is 7. The predicted octanol–water partition coefficient (Wildman–Crippen LogP) is 2.31. The third kappa shape index (κ3) is 4.66. The van der Waals surface area contributed by atoms with E-state index in [4.69, 9.17) is 4.74 Å². The number of carbonyl (C=O) groups is 1. The van der Waals surface area contributed by atoms with E-state index < -0.39 is 0 Å². The van der Waals surface area contributed by atoms with E-state index in [0.717, 1.165) is 43.0 Å². The summed E-state index contributed by atoms with van der Waals surface area (Å²) in [6.45, 7) is 7.29. The first kappa shape index (κ1) is 18.5. The quantitative estimate of drug-likeness (QED) is 0.760. The van der Waals surface area contributed by atoms with E-state index in [1.807, 2.05) is 35.7 Å². The lowest BCUT2D eigenvalue weighted by atomic mass is 9.92. The molecular formula is C19H27N5O2. The molecule has 3 rings (SSSR count). The van der Waals surface area contributed by atoms with Crippen molar-refractivity contribution in [1.82, 2.24) is 24.4 Å². The van der Waals surface area contributed by atoms with Crippen LogP contribution in [0.1, 0.15) is 49.2 Å². The maximum atomic E-state index is 12.6. The van der Waals surface area contributed by atoms with Gasteiger partial charge in [-0.05, 0) is 26.7 Å². The van der Waals surface area contributed by atoms with Gasteiger partial charge >= 0.3 is 0 Å². The summed E-state index contributed by atoms with van der Waals surface area (Å²) in [4.78, 5) is 27.6. The second kappa shape index (κ2) is 8.89. The maximum Gasteiger partial charge on any atom is 0.224 e. The molecule has 7 nitrogen and oxygen atoms in total. The molecule has 140 valence electrons. The second-order valence-electron chi connectivity index (χ2n) is 6.69. The summed E-state index contributed by atoms with van der Waals surface area (Å²) in [5, 5.41) is 0. The number of piperidine rings is 1. The fraction of sp³-hybridized carbons (Fsp3) is 0.579. The van der Waals surface area contributed by atoms with Crippen LogP contribution in [0.2, 0.25) is 0 Å². The zero-order valence-electron chi connectivity index (χ0n) is 15.6. The van der Waals surface area contributed by atoms with Gasteiger partial charge in [0.05, 0.1) is 18.6 Å². The molecule has 1 amide bonds. The Kier molecular flexibility index (Phi) is 6.33. The van der Waals surface area contributed by atoms with Crippen LogP contribution in [0.3, 0.4) is 0 Å². The average Bonchev–Trinajstić information content (AvgIpc) is 3.19. The van der Waals surface area contributed by atoms with Crippen molar-refractivity contribution >= 4 is 5.91 Å². The number of aromatic nitrogens is 4. The highest BCUT2D eigenvalue weighted by molar-refractivity contribution is 5.76. The van der Waals surface area contributed by atoms with Crippen molar-refractivity contribution in [3.05, 3.63) is 42.0 Å². The molecule has 26 heavy (non-hydrogen) atoms. The van der Waals surface area contributed by atoms with Gasteiger partial charge in [-0.15, -0.1) is 0 Å². The Morgan fingerprint density at radius 1 is 1.42 bits per heavy atom. The minimum atomic E-state index is 0.195. The second-order valence-corrected chi connectivity index (χ2v) is 6.69. The monoisotopic (exact) mass is 357 g/mol. The molecule has 2 aromatic heterocycles. The van der Waals surface area contributed by atoms with E-state index in [0.29, 0.717) is 26.2 Å². The highest BCUT2D eigenvalue weighted by Crippen LogP contribution is 2.28. The maximum absolute atomic E-state index is 12.6. The molecule has 1 aliphatic heterocycles. The van der Waals surface area contributed by atoms with Crippen LogP contribution in [0.25, 0.3) is 0 Å². The lowest BCUT2D eigenvalue weighted by Gasteiger charge is -2.33. The third-order valence-electron chi connectivity index (χ3n) is 4.78. The SMILES string of the molecule is CCOCc1cnc(C)nc1C1CCCN(C(=O)CCn2ccnc2)C1. The summed E-state index contributed by atoms with van der Waals surface area (Å²) in [5.74, 6) is 1.21. The number of nitrogens with zero attached hydrogens (tertiary/aromatic N) is 5. The van der Waals surface area contributed by atoms with Crippen LogP contribution < -0.4 is 0 Å². The number of imidazole rings is 1. The van der Waals surface area contributed by atoms with Crippen LogP contribution in [0.15, 0.2) is 24.9 Å².